The summed E-state index contributed by atoms with van der Waals surface area (Å²) in [6, 6.07) is 2.29. The highest BCUT2D eigenvalue weighted by Crippen LogP contribution is 2.32. The summed E-state index contributed by atoms with van der Waals surface area (Å²) in [5.41, 5.74) is 1.27. The molecular weight excluding hydrogens is 296 g/mol. The van der Waals surface area contributed by atoms with E-state index in [1.807, 2.05) is 0 Å². The molecule has 0 radical (unpaired) electrons. The number of hydrogen-bond donors (Lipinski definition) is 1. The number of carbonyl (C=O) groups is 4. The van der Waals surface area contributed by atoms with Crippen LogP contribution in [0.2, 0.25) is 5.02 Å². The molecule has 1 atom stereocenters. The Morgan fingerprint density at radius 1 is 1.29 bits per heavy atom. The Labute approximate surface area is 125 Å². The van der Waals surface area contributed by atoms with Crippen molar-refractivity contribution in [1.82, 2.24) is 10.2 Å². The Hall–Kier alpha value is -2.21. The molecule has 2 heterocycles. The van der Waals surface area contributed by atoms with Crippen molar-refractivity contribution in [3.05, 3.63) is 33.8 Å². The first kappa shape index (κ1) is 13.8. The normalized spacial score (nSPS) is 21.3. The number of halogens is 1. The van der Waals surface area contributed by atoms with Crippen LogP contribution in [0.4, 0.5) is 0 Å². The number of amides is 3. The van der Waals surface area contributed by atoms with Gasteiger partial charge in [-0.3, -0.25) is 24.5 Å². The van der Waals surface area contributed by atoms with Crippen molar-refractivity contribution in [2.45, 2.75) is 25.4 Å². The summed E-state index contributed by atoms with van der Waals surface area (Å²) in [6.45, 7) is 0.207. The fourth-order valence-corrected chi connectivity index (χ4v) is 2.99. The molecule has 1 fully saturated rings. The van der Waals surface area contributed by atoms with Crippen molar-refractivity contribution in [2.24, 2.45) is 0 Å². The zero-order valence-corrected chi connectivity index (χ0v) is 11.6. The maximum atomic E-state index is 12.4. The van der Waals surface area contributed by atoms with E-state index in [1.165, 1.54) is 17.0 Å². The van der Waals surface area contributed by atoms with Crippen molar-refractivity contribution < 1.29 is 19.2 Å². The molecule has 1 aromatic carbocycles. The van der Waals surface area contributed by atoms with Crippen LogP contribution in [0.15, 0.2) is 12.1 Å². The molecule has 3 amide bonds. The summed E-state index contributed by atoms with van der Waals surface area (Å²) in [5.74, 6) is -1.15. The molecule has 3 rings (SSSR count). The van der Waals surface area contributed by atoms with E-state index in [-0.39, 0.29) is 24.8 Å². The van der Waals surface area contributed by atoms with E-state index in [4.69, 9.17) is 11.6 Å². The molecule has 6 nitrogen and oxygen atoms in total. The maximum absolute atomic E-state index is 12.4. The quantitative estimate of drug-likeness (QED) is 0.650. The number of piperidine rings is 1. The van der Waals surface area contributed by atoms with Crippen molar-refractivity contribution in [3.8, 4) is 0 Å². The molecule has 0 saturated carbocycles. The lowest BCUT2D eigenvalue weighted by atomic mass is 10.0. The van der Waals surface area contributed by atoms with Crippen LogP contribution < -0.4 is 5.32 Å². The number of aldehydes is 1. The highest BCUT2D eigenvalue weighted by Gasteiger charge is 2.39. The summed E-state index contributed by atoms with van der Waals surface area (Å²) in [6.07, 6.45) is 1.11. The largest absolute Gasteiger partial charge is 0.322 e. The second-order valence-electron chi connectivity index (χ2n) is 5.05. The zero-order chi connectivity index (χ0) is 15.1. The van der Waals surface area contributed by atoms with Gasteiger partial charge in [-0.1, -0.05) is 11.6 Å². The van der Waals surface area contributed by atoms with Crippen LogP contribution in [0.1, 0.15) is 39.1 Å². The molecule has 1 aromatic rings. The lowest BCUT2D eigenvalue weighted by molar-refractivity contribution is -0.136. The van der Waals surface area contributed by atoms with Crippen LogP contribution in [0.5, 0.6) is 0 Å². The third-order valence-electron chi connectivity index (χ3n) is 3.76. The Morgan fingerprint density at radius 3 is 2.71 bits per heavy atom. The Kier molecular flexibility index (Phi) is 3.25. The smallest absolute Gasteiger partial charge is 0.255 e. The molecule has 0 bridgehead atoms. The van der Waals surface area contributed by atoms with Gasteiger partial charge in [0, 0.05) is 34.7 Å². The SMILES string of the molecule is O=Cc1cc(Cl)c2c(c1)C(=O)N(C1CCC(=O)NC1=O)C2. The monoisotopic (exact) mass is 306 g/mol. The highest BCUT2D eigenvalue weighted by atomic mass is 35.5. The summed E-state index contributed by atoms with van der Waals surface area (Å²) in [4.78, 5) is 47.7. The molecule has 108 valence electrons. The first-order valence-corrected chi connectivity index (χ1v) is 6.81. The van der Waals surface area contributed by atoms with Gasteiger partial charge in [0.1, 0.15) is 12.3 Å². The van der Waals surface area contributed by atoms with Gasteiger partial charge in [0.25, 0.3) is 5.91 Å². The summed E-state index contributed by atoms with van der Waals surface area (Å²) in [7, 11) is 0. The van der Waals surface area contributed by atoms with Gasteiger partial charge in [0.2, 0.25) is 11.8 Å². The molecule has 21 heavy (non-hydrogen) atoms. The fraction of sp³-hybridized carbons (Fsp3) is 0.286. The first-order valence-electron chi connectivity index (χ1n) is 6.43. The van der Waals surface area contributed by atoms with Gasteiger partial charge >= 0.3 is 0 Å². The molecule has 1 saturated heterocycles. The molecule has 2 aliphatic rings. The van der Waals surface area contributed by atoms with E-state index in [0.29, 0.717) is 34.4 Å². The van der Waals surface area contributed by atoms with Crippen LogP contribution in [0, 0.1) is 0 Å². The predicted molar refractivity (Wildman–Crippen MR) is 72.9 cm³/mol. The number of imide groups is 1. The van der Waals surface area contributed by atoms with Gasteiger partial charge in [-0.2, -0.15) is 0 Å². The second kappa shape index (κ2) is 4.96. The predicted octanol–water partition coefficient (Wildman–Crippen LogP) is 0.914. The molecular formula is C14H11ClN2O4. The molecule has 1 unspecified atom stereocenters. The minimum Gasteiger partial charge on any atom is -0.322 e. The average Bonchev–Trinajstić information content (AvgIpc) is 2.77. The molecule has 7 heteroatoms. The second-order valence-corrected chi connectivity index (χ2v) is 5.45. The molecule has 0 aromatic heterocycles. The van der Waals surface area contributed by atoms with E-state index in [0.717, 1.165) is 0 Å². The summed E-state index contributed by atoms with van der Waals surface area (Å²) < 4.78 is 0. The van der Waals surface area contributed by atoms with Crippen LogP contribution in [-0.2, 0) is 16.1 Å². The van der Waals surface area contributed by atoms with Gasteiger partial charge in [-0.05, 0) is 18.6 Å². The summed E-state index contributed by atoms with van der Waals surface area (Å²) >= 11 is 6.09. The lowest BCUT2D eigenvalue weighted by Gasteiger charge is -2.29. The molecule has 0 spiro atoms. The summed E-state index contributed by atoms with van der Waals surface area (Å²) in [5, 5.41) is 2.56. The van der Waals surface area contributed by atoms with Crippen molar-refractivity contribution in [1.29, 1.82) is 0 Å². The van der Waals surface area contributed by atoms with E-state index in [2.05, 4.69) is 5.32 Å². The lowest BCUT2D eigenvalue weighted by Crippen LogP contribution is -2.52. The van der Waals surface area contributed by atoms with E-state index < -0.39 is 11.9 Å². The number of hydrogen-bond acceptors (Lipinski definition) is 4. The van der Waals surface area contributed by atoms with Crippen molar-refractivity contribution >= 4 is 35.6 Å². The van der Waals surface area contributed by atoms with Crippen molar-refractivity contribution in [3.63, 3.8) is 0 Å². The van der Waals surface area contributed by atoms with E-state index in [9.17, 15) is 19.2 Å². The van der Waals surface area contributed by atoms with Crippen molar-refractivity contribution in [2.75, 3.05) is 0 Å². The zero-order valence-electron chi connectivity index (χ0n) is 10.9. The fourth-order valence-electron chi connectivity index (χ4n) is 2.71. The minimum atomic E-state index is -0.682. The number of rotatable bonds is 2. The number of nitrogens with zero attached hydrogens (tertiary/aromatic N) is 1. The van der Waals surface area contributed by atoms with Crippen LogP contribution in [0.25, 0.3) is 0 Å². The first-order chi connectivity index (χ1) is 10.0. The van der Waals surface area contributed by atoms with Gasteiger partial charge in [0.05, 0.1) is 0 Å². The van der Waals surface area contributed by atoms with Gasteiger partial charge in [-0.25, -0.2) is 0 Å². The highest BCUT2D eigenvalue weighted by molar-refractivity contribution is 6.32. The maximum Gasteiger partial charge on any atom is 0.255 e. The topological polar surface area (TPSA) is 83.6 Å². The number of nitrogens with one attached hydrogen (secondary N) is 1. The van der Waals surface area contributed by atoms with E-state index >= 15 is 0 Å². The molecule has 1 N–H and O–H groups in total. The van der Waals surface area contributed by atoms with Crippen LogP contribution >= 0.6 is 11.6 Å². The third kappa shape index (κ3) is 2.21. The van der Waals surface area contributed by atoms with Gasteiger partial charge < -0.3 is 4.90 Å². The third-order valence-corrected chi connectivity index (χ3v) is 4.10. The standard InChI is InChI=1S/C14H11ClN2O4/c15-10-4-7(6-18)3-8-9(10)5-17(14(8)21)11-1-2-12(19)16-13(11)20/h3-4,6,11H,1-2,5H2,(H,16,19,20). The van der Waals surface area contributed by atoms with E-state index in [1.54, 1.807) is 0 Å². The minimum absolute atomic E-state index is 0.198. The number of carbonyl (C=O) groups excluding carboxylic acids is 4. The average molecular weight is 307 g/mol. The Bertz CT molecular complexity index is 686. The Balaban J connectivity index is 1.93. The van der Waals surface area contributed by atoms with Gasteiger partial charge in [-0.15, -0.1) is 0 Å². The Morgan fingerprint density at radius 2 is 2.05 bits per heavy atom. The molecule has 2 aliphatic heterocycles. The van der Waals surface area contributed by atoms with Crippen LogP contribution in [-0.4, -0.2) is 34.9 Å². The van der Waals surface area contributed by atoms with Crippen LogP contribution in [0.3, 0.4) is 0 Å². The number of benzene rings is 1. The number of fused-ring (bicyclic) bond motifs is 1. The van der Waals surface area contributed by atoms with Gasteiger partial charge in [0.15, 0.2) is 0 Å². The molecule has 0 aliphatic carbocycles.